The van der Waals surface area contributed by atoms with Crippen LogP contribution in [0.1, 0.15) is 50.2 Å². The zero-order valence-electron chi connectivity index (χ0n) is 17.0. The van der Waals surface area contributed by atoms with E-state index < -0.39 is 23.4 Å². The van der Waals surface area contributed by atoms with Crippen LogP contribution in [0.3, 0.4) is 0 Å². The summed E-state index contributed by atoms with van der Waals surface area (Å²) in [6.45, 7) is 3.90. The summed E-state index contributed by atoms with van der Waals surface area (Å²) < 4.78 is 45.4. The van der Waals surface area contributed by atoms with Crippen molar-refractivity contribution in [2.45, 2.75) is 70.1 Å². The fourth-order valence-corrected chi connectivity index (χ4v) is 5.99. The maximum atomic E-state index is 13.5. The van der Waals surface area contributed by atoms with Gasteiger partial charge in [-0.1, -0.05) is 6.92 Å². The molecule has 1 aliphatic carbocycles. The van der Waals surface area contributed by atoms with Crippen molar-refractivity contribution in [1.29, 1.82) is 0 Å². The second-order valence-corrected chi connectivity index (χ2v) is 9.37. The molecule has 1 amide bonds. The van der Waals surface area contributed by atoms with E-state index in [1.165, 1.54) is 6.07 Å². The minimum absolute atomic E-state index is 0.0163. The van der Waals surface area contributed by atoms with Crippen molar-refractivity contribution >= 4 is 5.91 Å². The van der Waals surface area contributed by atoms with Crippen molar-refractivity contribution in [3.05, 3.63) is 29.3 Å². The van der Waals surface area contributed by atoms with Gasteiger partial charge in [0.1, 0.15) is 5.75 Å². The molecule has 3 fully saturated rings. The van der Waals surface area contributed by atoms with Crippen LogP contribution in [-0.4, -0.2) is 52.3 Å². The molecule has 30 heavy (non-hydrogen) atoms. The Balaban J connectivity index is 1.37. The van der Waals surface area contributed by atoms with Crippen LogP contribution in [0.5, 0.6) is 5.75 Å². The summed E-state index contributed by atoms with van der Waals surface area (Å²) in [5.41, 5.74) is -0.815. The molecule has 1 spiro atoms. The van der Waals surface area contributed by atoms with E-state index in [4.69, 9.17) is 4.74 Å². The smallest absolute Gasteiger partial charge is 0.416 e. The second kappa shape index (κ2) is 6.85. The van der Waals surface area contributed by atoms with Crippen molar-refractivity contribution in [2.24, 2.45) is 11.3 Å². The first-order valence-corrected chi connectivity index (χ1v) is 10.8. The molecule has 2 saturated heterocycles. The third kappa shape index (κ3) is 3.02. The average molecular weight is 424 g/mol. The molecular formula is C22H27F3N2O3. The van der Waals surface area contributed by atoms with Crippen molar-refractivity contribution in [3.63, 3.8) is 0 Å². The number of benzene rings is 1. The standard InChI is InChI=1S/C22H27F3N2O3/c1-13-19-27(12-14-10-15(22(23,24)25)2-3-18(14)30-19)20(29)21(13)7-4-16(11-21)26-8-5-17(28)6-9-26/h2-3,10,13,16-17,19,28H,4-9,11-12H2,1H3/t13?,16-,19?,21+/m1/s1. The van der Waals surface area contributed by atoms with Crippen molar-refractivity contribution < 1.29 is 27.8 Å². The molecule has 5 rings (SSSR count). The van der Waals surface area contributed by atoms with Gasteiger partial charge in [-0.3, -0.25) is 4.79 Å². The Morgan fingerprint density at radius 2 is 1.93 bits per heavy atom. The Bertz CT molecular complexity index is 853. The molecule has 1 saturated carbocycles. The van der Waals surface area contributed by atoms with Gasteiger partial charge < -0.3 is 19.6 Å². The first-order chi connectivity index (χ1) is 14.2. The Kier molecular flexibility index (Phi) is 4.60. The molecule has 0 bridgehead atoms. The Morgan fingerprint density at radius 3 is 2.63 bits per heavy atom. The summed E-state index contributed by atoms with van der Waals surface area (Å²) in [4.78, 5) is 17.6. The molecule has 0 aromatic heterocycles. The van der Waals surface area contributed by atoms with Crippen LogP contribution in [0, 0.1) is 11.3 Å². The molecule has 2 unspecified atom stereocenters. The van der Waals surface area contributed by atoms with Gasteiger partial charge in [-0.15, -0.1) is 0 Å². The monoisotopic (exact) mass is 424 g/mol. The molecule has 1 N–H and O–H groups in total. The highest BCUT2D eigenvalue weighted by molar-refractivity contribution is 5.86. The van der Waals surface area contributed by atoms with E-state index in [1.807, 2.05) is 6.92 Å². The number of nitrogens with zero attached hydrogens (tertiary/aromatic N) is 2. The number of hydrogen-bond donors (Lipinski definition) is 1. The van der Waals surface area contributed by atoms with Crippen LogP contribution >= 0.6 is 0 Å². The summed E-state index contributed by atoms with van der Waals surface area (Å²) in [5.74, 6) is 0.434. The molecule has 3 heterocycles. The van der Waals surface area contributed by atoms with Gasteiger partial charge in [0.2, 0.25) is 5.91 Å². The van der Waals surface area contributed by atoms with Crippen LogP contribution in [0.15, 0.2) is 18.2 Å². The maximum absolute atomic E-state index is 13.5. The lowest BCUT2D eigenvalue weighted by atomic mass is 9.76. The lowest BCUT2D eigenvalue weighted by molar-refractivity contribution is -0.140. The lowest BCUT2D eigenvalue weighted by Gasteiger charge is -2.35. The van der Waals surface area contributed by atoms with Gasteiger partial charge in [-0.05, 0) is 50.3 Å². The van der Waals surface area contributed by atoms with Gasteiger partial charge in [-0.2, -0.15) is 13.2 Å². The number of rotatable bonds is 1. The number of piperidine rings is 1. The number of aliphatic hydroxyl groups is 1. The van der Waals surface area contributed by atoms with Gasteiger partial charge in [0, 0.05) is 30.6 Å². The third-order valence-electron chi connectivity index (χ3n) is 7.81. The molecule has 0 radical (unpaired) electrons. The number of likely N-dealkylation sites (tertiary alicyclic amines) is 1. The minimum Gasteiger partial charge on any atom is -0.470 e. The molecular weight excluding hydrogens is 397 g/mol. The van der Waals surface area contributed by atoms with Crippen molar-refractivity contribution in [3.8, 4) is 5.75 Å². The van der Waals surface area contributed by atoms with Crippen LogP contribution in [0.25, 0.3) is 0 Å². The number of ether oxygens (including phenoxy) is 1. The molecule has 3 aliphatic heterocycles. The number of alkyl halides is 3. The minimum atomic E-state index is -4.42. The highest BCUT2D eigenvalue weighted by Crippen LogP contribution is 2.55. The second-order valence-electron chi connectivity index (χ2n) is 9.37. The van der Waals surface area contributed by atoms with E-state index in [-0.39, 0.29) is 24.5 Å². The van der Waals surface area contributed by atoms with E-state index in [9.17, 15) is 23.1 Å². The van der Waals surface area contributed by atoms with Gasteiger partial charge in [0.15, 0.2) is 6.23 Å². The fraction of sp³-hybridized carbons (Fsp3) is 0.682. The molecule has 1 aromatic rings. The largest absolute Gasteiger partial charge is 0.470 e. The number of carbonyl (C=O) groups is 1. The van der Waals surface area contributed by atoms with E-state index >= 15 is 0 Å². The molecule has 8 heteroatoms. The molecule has 1 aromatic carbocycles. The van der Waals surface area contributed by atoms with E-state index in [2.05, 4.69) is 4.90 Å². The number of fused-ring (bicyclic) bond motifs is 2. The van der Waals surface area contributed by atoms with Crippen LogP contribution < -0.4 is 4.74 Å². The van der Waals surface area contributed by atoms with Crippen LogP contribution in [0.2, 0.25) is 0 Å². The normalized spacial score (nSPS) is 34.9. The number of halogens is 3. The Hall–Kier alpha value is -1.80. The van der Waals surface area contributed by atoms with Crippen molar-refractivity contribution in [2.75, 3.05) is 13.1 Å². The molecule has 164 valence electrons. The van der Waals surface area contributed by atoms with E-state index in [0.29, 0.717) is 17.4 Å². The Labute approximate surface area is 173 Å². The van der Waals surface area contributed by atoms with E-state index in [0.717, 1.165) is 57.3 Å². The highest BCUT2D eigenvalue weighted by atomic mass is 19.4. The van der Waals surface area contributed by atoms with Crippen LogP contribution in [-0.2, 0) is 17.5 Å². The van der Waals surface area contributed by atoms with Gasteiger partial charge in [0.25, 0.3) is 0 Å². The average Bonchev–Trinajstić information content (AvgIpc) is 3.24. The number of aliphatic hydroxyl groups excluding tert-OH is 1. The SMILES string of the molecule is CC1C2Oc3ccc(C(F)(F)F)cc3CN2C(=O)[C@]12CC[C@@H](N1CCC(O)CC1)C2. The number of hydrogen-bond acceptors (Lipinski definition) is 4. The zero-order valence-corrected chi connectivity index (χ0v) is 17.0. The number of amides is 1. The van der Waals surface area contributed by atoms with E-state index in [1.54, 1.807) is 4.90 Å². The quantitative estimate of drug-likeness (QED) is 0.751. The van der Waals surface area contributed by atoms with Gasteiger partial charge >= 0.3 is 6.18 Å². The van der Waals surface area contributed by atoms with Gasteiger partial charge in [0.05, 0.1) is 23.6 Å². The predicted octanol–water partition coefficient (Wildman–Crippen LogP) is 3.40. The summed E-state index contributed by atoms with van der Waals surface area (Å²) >= 11 is 0. The first-order valence-electron chi connectivity index (χ1n) is 10.8. The first kappa shape index (κ1) is 20.1. The van der Waals surface area contributed by atoms with Gasteiger partial charge in [-0.25, -0.2) is 0 Å². The zero-order chi connectivity index (χ0) is 21.3. The summed E-state index contributed by atoms with van der Waals surface area (Å²) in [6, 6.07) is 3.84. The Morgan fingerprint density at radius 1 is 1.20 bits per heavy atom. The van der Waals surface area contributed by atoms with Crippen molar-refractivity contribution in [1.82, 2.24) is 9.80 Å². The predicted molar refractivity (Wildman–Crippen MR) is 102 cm³/mol. The maximum Gasteiger partial charge on any atom is 0.416 e. The third-order valence-corrected chi connectivity index (χ3v) is 7.81. The summed E-state index contributed by atoms with van der Waals surface area (Å²) in [5, 5.41) is 9.78. The summed E-state index contributed by atoms with van der Waals surface area (Å²) in [7, 11) is 0. The molecule has 5 nitrogen and oxygen atoms in total. The van der Waals surface area contributed by atoms with Crippen LogP contribution in [0.4, 0.5) is 13.2 Å². The molecule has 4 atom stereocenters. The lowest BCUT2D eigenvalue weighted by Crippen LogP contribution is -2.43. The number of carbonyl (C=O) groups excluding carboxylic acids is 1. The topological polar surface area (TPSA) is 53.0 Å². The fourth-order valence-electron chi connectivity index (χ4n) is 5.99. The highest BCUT2D eigenvalue weighted by Gasteiger charge is 2.62. The summed E-state index contributed by atoms with van der Waals surface area (Å²) in [6.07, 6.45) is -1.09. The molecule has 4 aliphatic rings.